The molecule has 3 rings (SSSR count). The smallest absolute Gasteiger partial charge is 0.251 e. The summed E-state index contributed by atoms with van der Waals surface area (Å²) in [6.45, 7) is 5.89. The Hall–Kier alpha value is -2.47. The van der Waals surface area contributed by atoms with E-state index in [2.05, 4.69) is 15.4 Å². The molecule has 0 aliphatic rings. The van der Waals surface area contributed by atoms with Gasteiger partial charge in [0.2, 0.25) is 0 Å². The fraction of sp³-hybridized carbons (Fsp3) is 0.278. The van der Waals surface area contributed by atoms with Crippen LogP contribution >= 0.6 is 11.3 Å². The molecule has 1 amide bonds. The number of rotatable bonds is 4. The van der Waals surface area contributed by atoms with Gasteiger partial charge in [-0.2, -0.15) is 5.10 Å². The minimum atomic E-state index is -0.101. The first-order valence-electron chi connectivity index (χ1n) is 7.77. The molecule has 0 unspecified atom stereocenters. The number of carbonyl (C=O) groups excluding carboxylic acids is 1. The molecule has 0 aliphatic carbocycles. The molecule has 2 heterocycles. The number of aromatic nitrogens is 3. The van der Waals surface area contributed by atoms with E-state index >= 15 is 0 Å². The summed E-state index contributed by atoms with van der Waals surface area (Å²) >= 11 is 1.60. The minimum Gasteiger partial charge on any atom is -0.345 e. The van der Waals surface area contributed by atoms with Gasteiger partial charge in [-0.3, -0.25) is 9.48 Å². The number of amides is 1. The number of nitrogens with one attached hydrogen (secondary N) is 1. The number of thiazole rings is 1. The molecule has 0 fully saturated rings. The van der Waals surface area contributed by atoms with E-state index in [4.69, 9.17) is 0 Å². The van der Waals surface area contributed by atoms with Crippen molar-refractivity contribution in [2.75, 3.05) is 0 Å². The zero-order valence-electron chi connectivity index (χ0n) is 14.2. The maximum atomic E-state index is 12.6. The molecular formula is C18H20N4OS. The second kappa shape index (κ2) is 6.57. The Bertz CT molecular complexity index is 881. The van der Waals surface area contributed by atoms with Gasteiger partial charge in [0.1, 0.15) is 0 Å². The molecule has 124 valence electrons. The predicted molar refractivity (Wildman–Crippen MR) is 96.1 cm³/mol. The number of nitrogens with zero attached hydrogens (tertiary/aromatic N) is 3. The monoisotopic (exact) mass is 340 g/mol. The van der Waals surface area contributed by atoms with Crippen molar-refractivity contribution < 1.29 is 4.79 Å². The molecule has 0 aliphatic heterocycles. The van der Waals surface area contributed by atoms with E-state index in [0.717, 1.165) is 27.5 Å². The summed E-state index contributed by atoms with van der Waals surface area (Å²) in [7, 11) is 1.88. The summed E-state index contributed by atoms with van der Waals surface area (Å²) in [6.07, 6.45) is 1.94. The van der Waals surface area contributed by atoms with Crippen LogP contribution in [0.5, 0.6) is 0 Å². The maximum absolute atomic E-state index is 12.6. The van der Waals surface area contributed by atoms with Gasteiger partial charge in [0.15, 0.2) is 0 Å². The predicted octanol–water partition coefficient (Wildman–Crippen LogP) is 3.65. The fourth-order valence-electron chi connectivity index (χ4n) is 2.72. The van der Waals surface area contributed by atoms with Crippen LogP contribution in [0.2, 0.25) is 0 Å². The third-order valence-electron chi connectivity index (χ3n) is 3.91. The summed E-state index contributed by atoms with van der Waals surface area (Å²) < 4.78 is 1.76. The molecule has 0 bridgehead atoms. The van der Waals surface area contributed by atoms with E-state index < -0.39 is 0 Å². The lowest BCUT2D eigenvalue weighted by molar-refractivity contribution is 0.0940. The molecule has 5 nitrogen and oxygen atoms in total. The Morgan fingerprint density at radius 2 is 2.12 bits per heavy atom. The van der Waals surface area contributed by atoms with Crippen molar-refractivity contribution >= 4 is 17.2 Å². The maximum Gasteiger partial charge on any atom is 0.251 e. The summed E-state index contributed by atoms with van der Waals surface area (Å²) in [5.41, 5.74) is 4.45. The zero-order valence-corrected chi connectivity index (χ0v) is 15.0. The van der Waals surface area contributed by atoms with E-state index in [1.54, 1.807) is 16.0 Å². The zero-order chi connectivity index (χ0) is 17.3. The van der Waals surface area contributed by atoms with Gasteiger partial charge in [0.05, 0.1) is 22.4 Å². The highest BCUT2D eigenvalue weighted by Crippen LogP contribution is 2.23. The Balaban J connectivity index is 1.79. The molecule has 3 aromatic rings. The van der Waals surface area contributed by atoms with Gasteiger partial charge < -0.3 is 5.32 Å². The summed E-state index contributed by atoms with van der Waals surface area (Å²) in [5, 5.41) is 10.4. The van der Waals surface area contributed by atoms with Crippen molar-refractivity contribution in [2.24, 2.45) is 7.05 Å². The van der Waals surface area contributed by atoms with Gasteiger partial charge in [-0.05, 0) is 32.9 Å². The quantitative estimate of drug-likeness (QED) is 0.788. The van der Waals surface area contributed by atoms with E-state index in [1.165, 1.54) is 0 Å². The minimum absolute atomic E-state index is 0.0976. The standard InChI is InChI=1S/C18H20N4OS/c1-11(16-9-22(4)21-12(16)2)19-18(23)15-7-5-6-14(8-15)17-10-24-13(3)20-17/h5-11H,1-4H3,(H,19,23)/t11-/m0/s1. The van der Waals surface area contributed by atoms with Crippen molar-refractivity contribution in [3.63, 3.8) is 0 Å². The van der Waals surface area contributed by atoms with E-state index in [0.29, 0.717) is 5.56 Å². The van der Waals surface area contributed by atoms with Crippen LogP contribution in [0.15, 0.2) is 35.8 Å². The largest absolute Gasteiger partial charge is 0.345 e. The molecular weight excluding hydrogens is 320 g/mol. The van der Waals surface area contributed by atoms with Crippen molar-refractivity contribution in [2.45, 2.75) is 26.8 Å². The molecule has 0 saturated carbocycles. The molecule has 0 spiro atoms. The van der Waals surface area contributed by atoms with Gasteiger partial charge >= 0.3 is 0 Å². The molecule has 1 atom stereocenters. The normalized spacial score (nSPS) is 12.2. The van der Waals surface area contributed by atoms with Crippen LogP contribution in [0.4, 0.5) is 0 Å². The molecule has 1 N–H and O–H groups in total. The van der Waals surface area contributed by atoms with E-state index in [-0.39, 0.29) is 11.9 Å². The van der Waals surface area contributed by atoms with Gasteiger partial charge in [0, 0.05) is 35.3 Å². The Labute approximate surface area is 145 Å². The Morgan fingerprint density at radius 3 is 2.75 bits per heavy atom. The first kappa shape index (κ1) is 16.4. The SMILES string of the molecule is Cc1nc(-c2cccc(C(=O)N[C@@H](C)c3cn(C)nc3C)c2)cs1. The van der Waals surface area contributed by atoms with Gasteiger partial charge in [0.25, 0.3) is 5.91 Å². The highest BCUT2D eigenvalue weighted by Gasteiger charge is 2.16. The van der Waals surface area contributed by atoms with Crippen LogP contribution in [0, 0.1) is 13.8 Å². The molecule has 24 heavy (non-hydrogen) atoms. The van der Waals surface area contributed by atoms with Crippen molar-refractivity contribution in [1.29, 1.82) is 0 Å². The van der Waals surface area contributed by atoms with Gasteiger partial charge in [-0.15, -0.1) is 11.3 Å². The lowest BCUT2D eigenvalue weighted by Crippen LogP contribution is -2.26. The molecule has 0 radical (unpaired) electrons. The fourth-order valence-corrected chi connectivity index (χ4v) is 3.34. The van der Waals surface area contributed by atoms with Crippen molar-refractivity contribution in [1.82, 2.24) is 20.1 Å². The van der Waals surface area contributed by atoms with Gasteiger partial charge in [-0.1, -0.05) is 12.1 Å². The lowest BCUT2D eigenvalue weighted by Gasteiger charge is -2.13. The summed E-state index contributed by atoms with van der Waals surface area (Å²) in [5.74, 6) is -0.0976. The average molecular weight is 340 g/mol. The number of carbonyl (C=O) groups is 1. The first-order chi connectivity index (χ1) is 11.4. The highest BCUT2D eigenvalue weighted by molar-refractivity contribution is 7.09. The molecule has 2 aromatic heterocycles. The summed E-state index contributed by atoms with van der Waals surface area (Å²) in [6, 6.07) is 7.46. The highest BCUT2D eigenvalue weighted by atomic mass is 32.1. The van der Waals surface area contributed by atoms with Crippen LogP contribution in [0.25, 0.3) is 11.3 Å². The second-order valence-corrected chi connectivity index (χ2v) is 6.93. The number of hydrogen-bond acceptors (Lipinski definition) is 4. The Kier molecular flexibility index (Phi) is 4.49. The van der Waals surface area contributed by atoms with Crippen LogP contribution in [-0.4, -0.2) is 20.7 Å². The second-order valence-electron chi connectivity index (χ2n) is 5.87. The van der Waals surface area contributed by atoms with Gasteiger partial charge in [-0.25, -0.2) is 4.98 Å². The van der Waals surface area contributed by atoms with Crippen LogP contribution in [-0.2, 0) is 7.05 Å². The van der Waals surface area contributed by atoms with Crippen LogP contribution in [0.3, 0.4) is 0 Å². The average Bonchev–Trinajstić information content (AvgIpc) is 3.12. The summed E-state index contributed by atoms with van der Waals surface area (Å²) in [4.78, 5) is 17.1. The third kappa shape index (κ3) is 3.38. The number of aryl methyl sites for hydroxylation is 3. The van der Waals surface area contributed by atoms with Crippen LogP contribution < -0.4 is 5.32 Å². The Morgan fingerprint density at radius 1 is 1.33 bits per heavy atom. The topological polar surface area (TPSA) is 59.8 Å². The number of hydrogen-bond donors (Lipinski definition) is 1. The van der Waals surface area contributed by atoms with E-state index in [1.807, 2.05) is 63.7 Å². The van der Waals surface area contributed by atoms with E-state index in [9.17, 15) is 4.79 Å². The number of benzene rings is 1. The first-order valence-corrected chi connectivity index (χ1v) is 8.65. The third-order valence-corrected chi connectivity index (χ3v) is 4.68. The molecule has 0 saturated heterocycles. The molecule has 1 aromatic carbocycles. The lowest BCUT2D eigenvalue weighted by atomic mass is 10.1. The molecule has 6 heteroatoms. The van der Waals surface area contributed by atoms with Crippen molar-refractivity contribution in [3.05, 3.63) is 57.7 Å². The van der Waals surface area contributed by atoms with Crippen molar-refractivity contribution in [3.8, 4) is 11.3 Å². The van der Waals surface area contributed by atoms with Crippen LogP contribution in [0.1, 0.15) is 39.6 Å².